The third-order valence-electron chi connectivity index (χ3n) is 3.75. The SMILES string of the molecule is COc1cc(C)ccc1OCC(=O)NCc1ccc(-n2ccnc2)nc1. The van der Waals surface area contributed by atoms with Crippen molar-refractivity contribution in [2.75, 3.05) is 13.7 Å². The fraction of sp³-hybridized carbons (Fsp3) is 0.211. The van der Waals surface area contributed by atoms with Gasteiger partial charge in [0.25, 0.3) is 5.91 Å². The molecule has 3 rings (SSSR count). The van der Waals surface area contributed by atoms with E-state index in [2.05, 4.69) is 15.3 Å². The van der Waals surface area contributed by atoms with Crippen LogP contribution in [0.3, 0.4) is 0 Å². The zero-order valence-corrected chi connectivity index (χ0v) is 14.7. The Hall–Kier alpha value is -3.35. The summed E-state index contributed by atoms with van der Waals surface area (Å²) in [6.07, 6.45) is 6.92. The van der Waals surface area contributed by atoms with Crippen molar-refractivity contribution >= 4 is 5.91 Å². The van der Waals surface area contributed by atoms with E-state index in [1.165, 1.54) is 0 Å². The fourth-order valence-electron chi connectivity index (χ4n) is 2.36. The van der Waals surface area contributed by atoms with E-state index in [9.17, 15) is 4.79 Å². The number of benzene rings is 1. The molecule has 0 radical (unpaired) electrons. The standard InChI is InChI=1S/C19H20N4O3/c1-14-3-5-16(17(9-14)25-2)26-12-19(24)22-11-15-4-6-18(21-10-15)23-8-7-20-13-23/h3-10,13H,11-12H2,1-2H3,(H,22,24). The van der Waals surface area contributed by atoms with Crippen LogP contribution in [0.5, 0.6) is 11.5 Å². The Balaban J connectivity index is 1.50. The molecular formula is C19H20N4O3. The number of carbonyl (C=O) groups is 1. The molecule has 7 heteroatoms. The maximum Gasteiger partial charge on any atom is 0.258 e. The van der Waals surface area contributed by atoms with Gasteiger partial charge >= 0.3 is 0 Å². The van der Waals surface area contributed by atoms with Gasteiger partial charge in [0.05, 0.1) is 7.11 Å². The summed E-state index contributed by atoms with van der Waals surface area (Å²) >= 11 is 0. The monoisotopic (exact) mass is 352 g/mol. The van der Waals surface area contributed by atoms with Crippen molar-refractivity contribution in [3.05, 3.63) is 66.4 Å². The zero-order chi connectivity index (χ0) is 18.4. The minimum Gasteiger partial charge on any atom is -0.493 e. The molecule has 0 spiro atoms. The van der Waals surface area contributed by atoms with Crippen LogP contribution in [0.4, 0.5) is 0 Å². The molecule has 26 heavy (non-hydrogen) atoms. The highest BCUT2D eigenvalue weighted by molar-refractivity contribution is 5.77. The molecule has 1 N–H and O–H groups in total. The number of nitrogens with zero attached hydrogens (tertiary/aromatic N) is 3. The maximum atomic E-state index is 12.0. The van der Waals surface area contributed by atoms with Crippen molar-refractivity contribution in [2.24, 2.45) is 0 Å². The van der Waals surface area contributed by atoms with E-state index in [0.29, 0.717) is 18.0 Å². The Morgan fingerprint density at radius 3 is 2.81 bits per heavy atom. The highest BCUT2D eigenvalue weighted by Gasteiger charge is 2.08. The number of imidazole rings is 1. The van der Waals surface area contributed by atoms with E-state index in [4.69, 9.17) is 9.47 Å². The number of hydrogen-bond donors (Lipinski definition) is 1. The molecule has 0 fully saturated rings. The van der Waals surface area contributed by atoms with Gasteiger partial charge in [0, 0.05) is 25.1 Å². The molecule has 0 aliphatic rings. The van der Waals surface area contributed by atoms with Crippen molar-refractivity contribution in [1.29, 1.82) is 0 Å². The molecular weight excluding hydrogens is 332 g/mol. The summed E-state index contributed by atoms with van der Waals surface area (Å²) in [5.41, 5.74) is 1.96. The highest BCUT2D eigenvalue weighted by atomic mass is 16.5. The first-order chi connectivity index (χ1) is 12.7. The summed E-state index contributed by atoms with van der Waals surface area (Å²) in [4.78, 5) is 20.3. The minimum atomic E-state index is -0.216. The third kappa shape index (κ3) is 4.38. The van der Waals surface area contributed by atoms with Crippen LogP contribution >= 0.6 is 0 Å². The molecule has 134 valence electrons. The van der Waals surface area contributed by atoms with Crippen LogP contribution in [0, 0.1) is 6.92 Å². The maximum absolute atomic E-state index is 12.0. The number of aromatic nitrogens is 3. The molecule has 0 atom stereocenters. The van der Waals surface area contributed by atoms with Crippen LogP contribution in [0.25, 0.3) is 5.82 Å². The van der Waals surface area contributed by atoms with Gasteiger partial charge in [0.1, 0.15) is 12.1 Å². The van der Waals surface area contributed by atoms with Crippen LogP contribution in [0.1, 0.15) is 11.1 Å². The first-order valence-corrected chi connectivity index (χ1v) is 8.13. The molecule has 0 aliphatic heterocycles. The van der Waals surface area contributed by atoms with E-state index in [1.54, 1.807) is 31.9 Å². The number of carbonyl (C=O) groups excluding carboxylic acids is 1. The van der Waals surface area contributed by atoms with Crippen LogP contribution < -0.4 is 14.8 Å². The molecule has 0 unspecified atom stereocenters. The molecule has 0 aliphatic carbocycles. The zero-order valence-electron chi connectivity index (χ0n) is 14.7. The van der Waals surface area contributed by atoms with E-state index < -0.39 is 0 Å². The molecule has 0 bridgehead atoms. The molecule has 7 nitrogen and oxygen atoms in total. The average Bonchev–Trinajstić information content (AvgIpc) is 3.20. The second-order valence-electron chi connectivity index (χ2n) is 5.71. The number of aryl methyl sites for hydroxylation is 1. The number of pyridine rings is 1. The average molecular weight is 352 g/mol. The van der Waals surface area contributed by atoms with Crippen LogP contribution in [-0.4, -0.2) is 34.2 Å². The van der Waals surface area contributed by atoms with Crippen LogP contribution in [-0.2, 0) is 11.3 Å². The molecule has 1 aromatic carbocycles. The molecule has 3 aromatic rings. The first-order valence-electron chi connectivity index (χ1n) is 8.13. The van der Waals surface area contributed by atoms with Gasteiger partial charge in [-0.25, -0.2) is 9.97 Å². The first kappa shape index (κ1) is 17.5. The highest BCUT2D eigenvalue weighted by Crippen LogP contribution is 2.27. The summed E-state index contributed by atoms with van der Waals surface area (Å²) < 4.78 is 12.6. The molecule has 0 saturated heterocycles. The van der Waals surface area contributed by atoms with Crippen LogP contribution in [0.15, 0.2) is 55.2 Å². The topological polar surface area (TPSA) is 78.3 Å². The Morgan fingerprint density at radius 2 is 2.12 bits per heavy atom. The van der Waals surface area contributed by atoms with Gasteiger partial charge in [-0.2, -0.15) is 0 Å². The molecule has 2 aromatic heterocycles. The molecule has 1 amide bonds. The smallest absolute Gasteiger partial charge is 0.258 e. The largest absolute Gasteiger partial charge is 0.493 e. The van der Waals surface area contributed by atoms with Crippen molar-refractivity contribution < 1.29 is 14.3 Å². The van der Waals surface area contributed by atoms with Gasteiger partial charge in [0.2, 0.25) is 0 Å². The lowest BCUT2D eigenvalue weighted by molar-refractivity contribution is -0.123. The van der Waals surface area contributed by atoms with Gasteiger partial charge in [0.15, 0.2) is 18.1 Å². The van der Waals surface area contributed by atoms with Crippen LogP contribution in [0.2, 0.25) is 0 Å². The number of methoxy groups -OCH3 is 1. The summed E-state index contributed by atoms with van der Waals surface area (Å²) in [5.74, 6) is 1.70. The summed E-state index contributed by atoms with van der Waals surface area (Å²) in [6.45, 7) is 2.26. The third-order valence-corrected chi connectivity index (χ3v) is 3.75. The summed E-state index contributed by atoms with van der Waals surface area (Å²) in [7, 11) is 1.57. The van der Waals surface area contributed by atoms with Gasteiger partial charge in [-0.15, -0.1) is 0 Å². The number of ether oxygens (including phenoxy) is 2. The Labute approximate surface area is 151 Å². The quantitative estimate of drug-likeness (QED) is 0.706. The lowest BCUT2D eigenvalue weighted by Gasteiger charge is -2.11. The second kappa shape index (κ2) is 8.15. The summed E-state index contributed by atoms with van der Waals surface area (Å²) in [5, 5.41) is 2.81. The van der Waals surface area contributed by atoms with Gasteiger partial charge < -0.3 is 14.8 Å². The lowest BCUT2D eigenvalue weighted by Crippen LogP contribution is -2.28. The lowest BCUT2D eigenvalue weighted by atomic mass is 10.2. The number of rotatable bonds is 7. The van der Waals surface area contributed by atoms with Crippen molar-refractivity contribution in [3.8, 4) is 17.3 Å². The normalized spacial score (nSPS) is 10.4. The summed E-state index contributed by atoms with van der Waals surface area (Å²) in [6, 6.07) is 9.34. The Morgan fingerprint density at radius 1 is 1.23 bits per heavy atom. The van der Waals surface area contributed by atoms with Crippen molar-refractivity contribution in [1.82, 2.24) is 19.9 Å². The number of amides is 1. The minimum absolute atomic E-state index is 0.0834. The van der Waals surface area contributed by atoms with Gasteiger partial charge in [-0.05, 0) is 36.2 Å². The predicted octanol–water partition coefficient (Wildman–Crippen LogP) is 2.28. The van der Waals surface area contributed by atoms with Crippen molar-refractivity contribution in [3.63, 3.8) is 0 Å². The molecule has 0 saturated carbocycles. The van der Waals surface area contributed by atoms with Gasteiger partial charge in [-0.1, -0.05) is 12.1 Å². The van der Waals surface area contributed by atoms with E-state index in [-0.39, 0.29) is 12.5 Å². The molecule has 2 heterocycles. The second-order valence-corrected chi connectivity index (χ2v) is 5.71. The predicted molar refractivity (Wildman–Crippen MR) is 96.4 cm³/mol. The van der Waals surface area contributed by atoms with Gasteiger partial charge in [-0.3, -0.25) is 9.36 Å². The Bertz CT molecular complexity index is 861. The van der Waals surface area contributed by atoms with E-state index >= 15 is 0 Å². The van der Waals surface area contributed by atoms with E-state index in [0.717, 1.165) is 16.9 Å². The fourth-order valence-corrected chi connectivity index (χ4v) is 2.36. The number of nitrogens with one attached hydrogen (secondary N) is 1. The van der Waals surface area contributed by atoms with E-state index in [1.807, 2.05) is 42.0 Å². The number of hydrogen-bond acceptors (Lipinski definition) is 5. The Kier molecular flexibility index (Phi) is 5.48. The van der Waals surface area contributed by atoms with Crippen molar-refractivity contribution in [2.45, 2.75) is 13.5 Å².